The summed E-state index contributed by atoms with van der Waals surface area (Å²) in [6.45, 7) is 4.89. The molecule has 0 aliphatic carbocycles. The Labute approximate surface area is 175 Å². The van der Waals surface area contributed by atoms with Crippen LogP contribution in [0.3, 0.4) is 0 Å². The van der Waals surface area contributed by atoms with Gasteiger partial charge in [0.1, 0.15) is 11.1 Å². The second-order valence-electron chi connectivity index (χ2n) is 7.17. The fraction of sp³-hybridized carbons (Fsp3) is 0.364. The predicted octanol–water partition coefficient (Wildman–Crippen LogP) is 3.54. The van der Waals surface area contributed by atoms with E-state index in [2.05, 4.69) is 16.4 Å². The van der Waals surface area contributed by atoms with E-state index in [-0.39, 0.29) is 23.5 Å². The van der Waals surface area contributed by atoms with Crippen molar-refractivity contribution in [2.24, 2.45) is 5.92 Å². The van der Waals surface area contributed by atoms with Crippen LogP contribution in [0.2, 0.25) is 0 Å². The van der Waals surface area contributed by atoms with Gasteiger partial charge in [0.25, 0.3) is 0 Å². The number of aromatic nitrogens is 1. The first-order valence-corrected chi connectivity index (χ1v) is 10.6. The molecule has 1 saturated heterocycles. The Kier molecular flexibility index (Phi) is 6.89. The minimum absolute atomic E-state index is 0.00997. The van der Waals surface area contributed by atoms with Gasteiger partial charge in [-0.15, -0.1) is 0 Å². The Morgan fingerprint density at radius 2 is 1.93 bits per heavy atom. The normalized spacial score (nSPS) is 14.3. The van der Waals surface area contributed by atoms with E-state index in [9.17, 15) is 14.9 Å². The Bertz CT molecular complexity index is 932. The van der Waals surface area contributed by atoms with Crippen LogP contribution in [-0.2, 0) is 9.59 Å². The highest BCUT2D eigenvalue weighted by Crippen LogP contribution is 2.25. The van der Waals surface area contributed by atoms with Crippen molar-refractivity contribution in [3.8, 4) is 6.07 Å². The largest absolute Gasteiger partial charge is 0.342 e. The molecular weight excluding hydrogens is 384 g/mol. The Morgan fingerprint density at radius 1 is 1.24 bits per heavy atom. The molecule has 1 aromatic carbocycles. The monoisotopic (exact) mass is 408 g/mol. The van der Waals surface area contributed by atoms with Crippen molar-refractivity contribution in [2.45, 2.75) is 31.7 Å². The minimum atomic E-state index is -0.0850. The first-order valence-electron chi connectivity index (χ1n) is 9.62. The molecule has 2 heterocycles. The fourth-order valence-corrected chi connectivity index (χ4v) is 4.42. The topological polar surface area (TPSA) is 86.1 Å². The molecule has 0 atom stereocenters. The lowest BCUT2D eigenvalue weighted by Gasteiger charge is -2.31. The molecule has 2 amide bonds. The van der Waals surface area contributed by atoms with E-state index in [1.165, 1.54) is 11.8 Å². The number of hydrogen-bond acceptors (Lipinski definition) is 5. The third-order valence-electron chi connectivity index (χ3n) is 5.02. The summed E-state index contributed by atoms with van der Waals surface area (Å²) < 4.78 is 0. The lowest BCUT2D eigenvalue weighted by Crippen LogP contribution is -2.42. The van der Waals surface area contributed by atoms with Crippen molar-refractivity contribution in [3.63, 3.8) is 0 Å². The molecule has 1 aromatic heterocycles. The van der Waals surface area contributed by atoms with Gasteiger partial charge < -0.3 is 10.2 Å². The van der Waals surface area contributed by atoms with Gasteiger partial charge in [0, 0.05) is 30.4 Å². The number of nitriles is 1. The number of carbonyl (C=O) groups is 2. The second-order valence-corrected chi connectivity index (χ2v) is 8.14. The summed E-state index contributed by atoms with van der Waals surface area (Å²) in [5, 5.41) is 12.9. The number of benzene rings is 1. The zero-order valence-corrected chi connectivity index (χ0v) is 17.5. The number of anilines is 1. The van der Waals surface area contributed by atoms with Crippen LogP contribution in [0.5, 0.6) is 0 Å². The maximum absolute atomic E-state index is 12.6. The van der Waals surface area contributed by atoms with Crippen LogP contribution in [0.15, 0.2) is 41.4 Å². The minimum Gasteiger partial charge on any atom is -0.342 e. The summed E-state index contributed by atoms with van der Waals surface area (Å²) in [4.78, 5) is 31.2. The first-order chi connectivity index (χ1) is 14.0. The van der Waals surface area contributed by atoms with Crippen molar-refractivity contribution in [2.75, 3.05) is 24.2 Å². The van der Waals surface area contributed by atoms with E-state index in [0.29, 0.717) is 36.5 Å². The number of pyridine rings is 1. The van der Waals surface area contributed by atoms with Crippen LogP contribution in [0.4, 0.5) is 5.69 Å². The molecule has 1 N–H and O–H groups in total. The molecule has 0 bridgehead atoms. The average molecular weight is 409 g/mol. The maximum atomic E-state index is 12.6. The molecule has 1 aliphatic heterocycles. The molecule has 0 saturated carbocycles. The molecule has 0 radical (unpaired) electrons. The van der Waals surface area contributed by atoms with Crippen molar-refractivity contribution < 1.29 is 9.59 Å². The van der Waals surface area contributed by atoms with Crippen molar-refractivity contribution >= 4 is 29.3 Å². The lowest BCUT2D eigenvalue weighted by atomic mass is 9.96. The Morgan fingerprint density at radius 3 is 2.59 bits per heavy atom. The van der Waals surface area contributed by atoms with Crippen LogP contribution < -0.4 is 5.32 Å². The van der Waals surface area contributed by atoms with Gasteiger partial charge in [-0.2, -0.15) is 5.26 Å². The van der Waals surface area contributed by atoms with E-state index < -0.39 is 0 Å². The summed E-state index contributed by atoms with van der Waals surface area (Å²) in [6.07, 6.45) is 1.31. The van der Waals surface area contributed by atoms with Crippen molar-refractivity contribution in [1.29, 1.82) is 5.26 Å². The number of carbonyl (C=O) groups excluding carboxylic acids is 2. The number of likely N-dealkylation sites (tertiary alicyclic amines) is 1. The number of piperidine rings is 1. The van der Waals surface area contributed by atoms with Crippen LogP contribution in [0, 0.1) is 31.1 Å². The number of rotatable bonds is 5. The molecule has 3 rings (SSSR count). The summed E-state index contributed by atoms with van der Waals surface area (Å²) in [5.74, 6) is 0.182. The maximum Gasteiger partial charge on any atom is 0.232 e. The highest BCUT2D eigenvalue weighted by Gasteiger charge is 2.27. The molecule has 7 heteroatoms. The standard InChI is InChI=1S/C22H24N4O2S/c1-15-12-16(2)24-22(19(15)13-23)29-14-20(27)26-10-8-17(9-11-26)21(28)25-18-6-4-3-5-7-18/h3-7,12,17H,8-11,14H2,1-2H3,(H,25,28). The van der Waals surface area contributed by atoms with Gasteiger partial charge in [0.2, 0.25) is 11.8 Å². The van der Waals surface area contributed by atoms with E-state index >= 15 is 0 Å². The van der Waals surface area contributed by atoms with Gasteiger partial charge in [-0.05, 0) is 50.5 Å². The molecule has 1 fully saturated rings. The van der Waals surface area contributed by atoms with E-state index in [1.807, 2.05) is 50.2 Å². The molecule has 2 aromatic rings. The Hall–Kier alpha value is -2.85. The van der Waals surface area contributed by atoms with Crippen LogP contribution in [0.1, 0.15) is 29.7 Å². The number of aryl methyl sites for hydroxylation is 2. The molecular formula is C22H24N4O2S. The molecule has 29 heavy (non-hydrogen) atoms. The van der Waals surface area contributed by atoms with Gasteiger partial charge in [0.15, 0.2) is 0 Å². The van der Waals surface area contributed by atoms with Gasteiger partial charge in [-0.25, -0.2) is 4.98 Å². The van der Waals surface area contributed by atoms with Crippen LogP contribution in [0.25, 0.3) is 0 Å². The van der Waals surface area contributed by atoms with Crippen LogP contribution >= 0.6 is 11.8 Å². The fourth-order valence-electron chi connectivity index (χ4n) is 3.42. The number of para-hydroxylation sites is 1. The SMILES string of the molecule is Cc1cc(C)c(C#N)c(SCC(=O)N2CCC(C(=O)Nc3ccccc3)CC2)n1. The van der Waals surface area contributed by atoms with Gasteiger partial charge >= 0.3 is 0 Å². The Balaban J connectivity index is 1.51. The zero-order valence-electron chi connectivity index (χ0n) is 16.6. The van der Waals surface area contributed by atoms with E-state index in [4.69, 9.17) is 0 Å². The van der Waals surface area contributed by atoms with Crippen LogP contribution in [-0.4, -0.2) is 40.5 Å². The van der Waals surface area contributed by atoms with Gasteiger partial charge in [0.05, 0.1) is 11.3 Å². The number of nitrogens with one attached hydrogen (secondary N) is 1. The quantitative estimate of drug-likeness (QED) is 0.765. The van der Waals surface area contributed by atoms with Gasteiger partial charge in [-0.1, -0.05) is 30.0 Å². The number of amides is 2. The summed E-state index contributed by atoms with van der Waals surface area (Å²) in [6, 6.07) is 13.5. The van der Waals surface area contributed by atoms with Gasteiger partial charge in [-0.3, -0.25) is 9.59 Å². The summed E-state index contributed by atoms with van der Waals surface area (Å²) in [5.41, 5.74) is 3.04. The van der Waals surface area contributed by atoms with Crippen molar-refractivity contribution in [3.05, 3.63) is 53.2 Å². The molecule has 1 aliphatic rings. The lowest BCUT2D eigenvalue weighted by molar-refractivity contribution is -0.132. The van der Waals surface area contributed by atoms with E-state index in [1.54, 1.807) is 4.90 Å². The zero-order chi connectivity index (χ0) is 20.8. The van der Waals surface area contributed by atoms with E-state index in [0.717, 1.165) is 16.9 Å². The van der Waals surface area contributed by atoms with Crippen molar-refractivity contribution in [1.82, 2.24) is 9.88 Å². The third-order valence-corrected chi connectivity index (χ3v) is 5.98. The number of hydrogen-bond donors (Lipinski definition) is 1. The molecule has 6 nitrogen and oxygen atoms in total. The average Bonchev–Trinajstić information content (AvgIpc) is 2.72. The molecule has 0 spiro atoms. The number of nitrogens with zero attached hydrogens (tertiary/aromatic N) is 3. The molecule has 150 valence electrons. The second kappa shape index (κ2) is 9.57. The highest BCUT2D eigenvalue weighted by atomic mass is 32.2. The highest BCUT2D eigenvalue weighted by molar-refractivity contribution is 8.00. The smallest absolute Gasteiger partial charge is 0.232 e. The molecule has 0 unspecified atom stereocenters. The first kappa shape index (κ1) is 20.9. The predicted molar refractivity (Wildman–Crippen MR) is 114 cm³/mol. The number of thioether (sulfide) groups is 1. The summed E-state index contributed by atoms with van der Waals surface area (Å²) in [7, 11) is 0. The third kappa shape index (κ3) is 5.36. The summed E-state index contributed by atoms with van der Waals surface area (Å²) >= 11 is 1.31.